The van der Waals surface area contributed by atoms with Crippen LogP contribution in [0.2, 0.25) is 0 Å². The number of halogens is 1. The molecule has 0 fully saturated rings. The second-order valence-electron chi connectivity index (χ2n) is 7.16. The highest BCUT2D eigenvalue weighted by molar-refractivity contribution is 6.04. The van der Waals surface area contributed by atoms with Gasteiger partial charge in [-0.1, -0.05) is 24.2 Å². The van der Waals surface area contributed by atoms with Crippen molar-refractivity contribution >= 4 is 11.7 Å². The van der Waals surface area contributed by atoms with Gasteiger partial charge in [-0.2, -0.15) is 4.98 Å². The van der Waals surface area contributed by atoms with Crippen LogP contribution in [0.5, 0.6) is 5.75 Å². The number of ether oxygens (including phenoxy) is 1. The summed E-state index contributed by atoms with van der Waals surface area (Å²) >= 11 is 0. The molecule has 0 aliphatic rings. The Balaban J connectivity index is 1.81. The molecule has 3 aromatic rings. The van der Waals surface area contributed by atoms with Gasteiger partial charge in [0.2, 0.25) is 5.89 Å². The minimum atomic E-state index is -0.513. The van der Waals surface area contributed by atoms with E-state index in [4.69, 9.17) is 13.8 Å². The highest BCUT2D eigenvalue weighted by Gasteiger charge is 2.26. The molecule has 0 spiro atoms. The summed E-state index contributed by atoms with van der Waals surface area (Å²) in [6.45, 7) is 4.21. The van der Waals surface area contributed by atoms with E-state index in [9.17, 15) is 9.18 Å². The fourth-order valence-corrected chi connectivity index (χ4v) is 2.77. The number of rotatable bonds is 8. The van der Waals surface area contributed by atoms with E-state index < -0.39 is 5.82 Å². The summed E-state index contributed by atoms with van der Waals surface area (Å²) in [6.07, 6.45) is 0.407. The molecule has 1 amide bonds. The Morgan fingerprint density at radius 1 is 1.27 bits per heavy atom. The predicted molar refractivity (Wildman–Crippen MR) is 107 cm³/mol. The average molecular weight is 417 g/mol. The summed E-state index contributed by atoms with van der Waals surface area (Å²) < 4.78 is 29.4. The van der Waals surface area contributed by atoms with Crippen molar-refractivity contribution in [3.05, 3.63) is 41.3 Å². The molecule has 160 valence electrons. The zero-order chi connectivity index (χ0) is 21.8. The number of carbonyl (C=O) groups is 1. The van der Waals surface area contributed by atoms with Crippen LogP contribution in [0.3, 0.4) is 0 Å². The van der Waals surface area contributed by atoms with Crippen molar-refractivity contribution in [2.75, 3.05) is 32.6 Å². The molecule has 0 aliphatic heterocycles. The Labute approximate surface area is 173 Å². The molecule has 1 N–H and O–H groups in total. The van der Waals surface area contributed by atoms with Crippen LogP contribution in [0, 0.1) is 5.82 Å². The van der Waals surface area contributed by atoms with Gasteiger partial charge in [0.15, 0.2) is 29.0 Å². The third-order valence-electron chi connectivity index (χ3n) is 4.35. The molecule has 0 aliphatic carbocycles. The lowest BCUT2D eigenvalue weighted by atomic mass is 10.1. The molecule has 0 atom stereocenters. The number of hydrogen-bond acceptors (Lipinski definition) is 8. The summed E-state index contributed by atoms with van der Waals surface area (Å²) in [5.41, 5.74) is 0.711. The van der Waals surface area contributed by atoms with E-state index in [2.05, 4.69) is 20.6 Å². The average Bonchev–Trinajstić information content (AvgIpc) is 3.35. The molecule has 0 saturated carbocycles. The van der Waals surface area contributed by atoms with Crippen molar-refractivity contribution in [3.63, 3.8) is 0 Å². The number of nitrogens with zero attached hydrogens (tertiary/aromatic N) is 4. The highest BCUT2D eigenvalue weighted by Crippen LogP contribution is 2.33. The van der Waals surface area contributed by atoms with Gasteiger partial charge >= 0.3 is 0 Å². The van der Waals surface area contributed by atoms with Gasteiger partial charge in [0.1, 0.15) is 5.56 Å². The van der Waals surface area contributed by atoms with Crippen LogP contribution in [0.15, 0.2) is 27.2 Å². The second kappa shape index (κ2) is 8.93. The molecule has 2 heterocycles. The topological polar surface area (TPSA) is 107 Å². The van der Waals surface area contributed by atoms with E-state index >= 15 is 0 Å². The third-order valence-corrected chi connectivity index (χ3v) is 4.35. The van der Waals surface area contributed by atoms with Gasteiger partial charge in [0.25, 0.3) is 5.91 Å². The summed E-state index contributed by atoms with van der Waals surface area (Å²) in [7, 11) is 4.86. The first-order chi connectivity index (χ1) is 14.3. The fraction of sp³-hybridized carbons (Fsp3) is 0.400. The van der Waals surface area contributed by atoms with E-state index in [1.165, 1.54) is 25.3 Å². The maximum Gasteiger partial charge on any atom is 0.259 e. The Morgan fingerprint density at radius 2 is 2.03 bits per heavy atom. The van der Waals surface area contributed by atoms with Gasteiger partial charge in [-0.05, 0) is 18.2 Å². The van der Waals surface area contributed by atoms with Gasteiger partial charge in [-0.3, -0.25) is 4.79 Å². The molecule has 0 radical (unpaired) electrons. The Hall–Kier alpha value is -3.43. The molecule has 0 unspecified atom stereocenters. The van der Waals surface area contributed by atoms with Gasteiger partial charge < -0.3 is 24.0 Å². The molecule has 30 heavy (non-hydrogen) atoms. The van der Waals surface area contributed by atoms with Gasteiger partial charge in [-0.25, -0.2) is 4.39 Å². The van der Waals surface area contributed by atoms with E-state index in [1.54, 1.807) is 19.0 Å². The zero-order valence-corrected chi connectivity index (χ0v) is 17.5. The lowest BCUT2D eigenvalue weighted by Gasteiger charge is -2.11. The van der Waals surface area contributed by atoms with E-state index in [1.807, 2.05) is 13.8 Å². The van der Waals surface area contributed by atoms with Gasteiger partial charge in [0, 0.05) is 38.5 Å². The first kappa shape index (κ1) is 21.3. The number of benzene rings is 1. The van der Waals surface area contributed by atoms with Crippen LogP contribution in [0.25, 0.3) is 11.3 Å². The van der Waals surface area contributed by atoms with Crippen molar-refractivity contribution in [2.24, 2.45) is 0 Å². The maximum atomic E-state index is 13.8. The van der Waals surface area contributed by atoms with E-state index in [-0.39, 0.29) is 28.9 Å². The van der Waals surface area contributed by atoms with Crippen molar-refractivity contribution in [1.29, 1.82) is 0 Å². The molecule has 9 nitrogen and oxygen atoms in total. The third kappa shape index (κ3) is 4.42. The lowest BCUT2D eigenvalue weighted by Crippen LogP contribution is -2.28. The normalized spacial score (nSPS) is 11.0. The molecule has 3 rings (SSSR count). The van der Waals surface area contributed by atoms with Crippen LogP contribution in [0.4, 0.5) is 10.2 Å². The smallest absolute Gasteiger partial charge is 0.259 e. The maximum absolute atomic E-state index is 13.8. The van der Waals surface area contributed by atoms with Gasteiger partial charge in [-0.15, -0.1) is 0 Å². The molecule has 1 aromatic carbocycles. The van der Waals surface area contributed by atoms with Crippen LogP contribution in [-0.4, -0.2) is 49.0 Å². The van der Waals surface area contributed by atoms with E-state index in [0.29, 0.717) is 36.1 Å². The Bertz CT molecular complexity index is 1030. The number of amides is 1. The lowest BCUT2D eigenvalue weighted by molar-refractivity contribution is 0.0954. The van der Waals surface area contributed by atoms with Crippen LogP contribution in [-0.2, 0) is 6.42 Å². The van der Waals surface area contributed by atoms with E-state index in [0.717, 1.165) is 0 Å². The van der Waals surface area contributed by atoms with Crippen molar-refractivity contribution in [1.82, 2.24) is 20.6 Å². The highest BCUT2D eigenvalue weighted by atomic mass is 19.1. The van der Waals surface area contributed by atoms with Crippen LogP contribution < -0.4 is 15.0 Å². The number of anilines is 1. The Kier molecular flexibility index (Phi) is 6.34. The second-order valence-corrected chi connectivity index (χ2v) is 7.16. The minimum absolute atomic E-state index is 0.0414. The van der Waals surface area contributed by atoms with Gasteiger partial charge in [0.05, 0.1) is 7.11 Å². The number of methoxy groups -OCH3 is 1. The summed E-state index contributed by atoms with van der Waals surface area (Å²) in [6, 6.07) is 4.20. The molecule has 2 aromatic heterocycles. The molecular weight excluding hydrogens is 393 g/mol. The van der Waals surface area contributed by atoms with Crippen LogP contribution in [0.1, 0.15) is 41.8 Å². The summed E-state index contributed by atoms with van der Waals surface area (Å²) in [4.78, 5) is 18.9. The number of hydrogen-bond donors (Lipinski definition) is 1. The van der Waals surface area contributed by atoms with Crippen molar-refractivity contribution < 1.29 is 23.0 Å². The minimum Gasteiger partial charge on any atom is -0.494 e. The monoisotopic (exact) mass is 417 g/mol. The molecular formula is C20H24FN5O4. The molecule has 0 bridgehead atoms. The van der Waals surface area contributed by atoms with Crippen LogP contribution >= 0.6 is 0 Å². The number of carbonyl (C=O) groups excluding carboxylic acids is 1. The standard InChI is InChI=1S/C20H24FN5O4/c1-11(2)20-23-15(24-30-20)8-9-22-19(27)16-17(29-25-18(16)26(3)4)12-6-7-13(21)14(10-12)28-5/h6-7,10-11H,8-9H2,1-5H3,(H,22,27). The number of nitrogens with one attached hydrogen (secondary N) is 1. The number of aromatic nitrogens is 3. The predicted octanol–water partition coefficient (Wildman–Crippen LogP) is 3.03. The quantitative estimate of drug-likeness (QED) is 0.596. The van der Waals surface area contributed by atoms with Crippen molar-refractivity contribution in [2.45, 2.75) is 26.2 Å². The SMILES string of the molecule is COc1cc(-c2onc(N(C)C)c2C(=O)NCCc2noc(C(C)C)n2)ccc1F. The van der Waals surface area contributed by atoms with Crippen molar-refractivity contribution in [3.8, 4) is 17.1 Å². The fourth-order valence-electron chi connectivity index (χ4n) is 2.77. The summed E-state index contributed by atoms with van der Waals surface area (Å²) in [5.74, 6) is 0.920. The zero-order valence-electron chi connectivity index (χ0n) is 17.5. The Morgan fingerprint density at radius 3 is 2.67 bits per heavy atom. The molecule has 10 heteroatoms. The summed E-state index contributed by atoms with van der Waals surface area (Å²) in [5, 5.41) is 10.7. The molecule has 0 saturated heterocycles. The largest absolute Gasteiger partial charge is 0.494 e. The first-order valence-electron chi connectivity index (χ1n) is 9.43. The first-order valence-corrected chi connectivity index (χ1v) is 9.43.